The third-order valence-electron chi connectivity index (χ3n) is 5.07. The van der Waals surface area contributed by atoms with Gasteiger partial charge in [0.2, 0.25) is 0 Å². The summed E-state index contributed by atoms with van der Waals surface area (Å²) in [7, 11) is -1.91. The SMILES string of the molecule is CCOC(=O)CC1=CC(O[Si](C)(C)C(C)(C)C)c2ccccc2C1. The average molecular weight is 347 g/mol. The van der Waals surface area contributed by atoms with Crippen LogP contribution in [0.2, 0.25) is 18.1 Å². The van der Waals surface area contributed by atoms with Crippen LogP contribution in [0.1, 0.15) is 51.3 Å². The Kier molecular flexibility index (Phi) is 5.71. The summed E-state index contributed by atoms with van der Waals surface area (Å²) in [6.45, 7) is 13.5. The second-order valence-corrected chi connectivity index (χ2v) is 12.7. The van der Waals surface area contributed by atoms with Gasteiger partial charge in [0.25, 0.3) is 0 Å². The summed E-state index contributed by atoms with van der Waals surface area (Å²) in [5, 5.41) is 0.147. The van der Waals surface area contributed by atoms with E-state index < -0.39 is 8.32 Å². The number of rotatable bonds is 5. The van der Waals surface area contributed by atoms with Crippen LogP contribution in [0, 0.1) is 0 Å². The van der Waals surface area contributed by atoms with E-state index in [0.717, 1.165) is 12.0 Å². The first-order valence-corrected chi connectivity index (χ1v) is 11.7. The number of benzene rings is 1. The molecule has 2 rings (SSSR count). The molecule has 0 N–H and O–H groups in total. The van der Waals surface area contributed by atoms with Gasteiger partial charge in [-0.1, -0.05) is 56.7 Å². The molecule has 0 aliphatic heterocycles. The lowest BCUT2D eigenvalue weighted by molar-refractivity contribution is -0.142. The van der Waals surface area contributed by atoms with E-state index in [9.17, 15) is 4.79 Å². The van der Waals surface area contributed by atoms with Gasteiger partial charge in [0.05, 0.1) is 19.1 Å². The highest BCUT2D eigenvalue weighted by Gasteiger charge is 2.40. The molecular weight excluding hydrogens is 316 g/mol. The first-order valence-electron chi connectivity index (χ1n) is 8.75. The van der Waals surface area contributed by atoms with Crippen molar-refractivity contribution in [1.82, 2.24) is 0 Å². The highest BCUT2D eigenvalue weighted by Crippen LogP contribution is 2.42. The fraction of sp³-hybridized carbons (Fsp3) is 0.550. The summed E-state index contributed by atoms with van der Waals surface area (Å²) in [4.78, 5) is 11.9. The first-order chi connectivity index (χ1) is 11.1. The molecule has 1 atom stereocenters. The number of carbonyl (C=O) groups excluding carboxylic acids is 1. The van der Waals surface area contributed by atoms with Crippen molar-refractivity contribution in [1.29, 1.82) is 0 Å². The van der Waals surface area contributed by atoms with E-state index >= 15 is 0 Å². The Labute approximate surface area is 147 Å². The molecule has 1 aromatic rings. The molecule has 1 unspecified atom stereocenters. The molecular formula is C20H30O3Si. The fourth-order valence-corrected chi connectivity index (χ4v) is 3.87. The van der Waals surface area contributed by atoms with Crippen LogP contribution in [0.5, 0.6) is 0 Å². The molecule has 1 aliphatic carbocycles. The number of ether oxygens (including phenoxy) is 1. The van der Waals surface area contributed by atoms with Gasteiger partial charge in [0.15, 0.2) is 8.32 Å². The smallest absolute Gasteiger partial charge is 0.309 e. The Bertz CT molecular complexity index is 626. The van der Waals surface area contributed by atoms with Crippen LogP contribution in [0.25, 0.3) is 0 Å². The zero-order valence-electron chi connectivity index (χ0n) is 15.8. The fourth-order valence-electron chi connectivity index (χ4n) is 2.69. The van der Waals surface area contributed by atoms with Gasteiger partial charge >= 0.3 is 5.97 Å². The Balaban J connectivity index is 2.29. The standard InChI is InChI=1S/C20H30O3Si/c1-7-22-19(21)14-15-12-16-10-8-9-11-17(16)18(13-15)23-24(5,6)20(2,3)4/h8-11,13,18H,7,12,14H2,1-6H3. The van der Waals surface area contributed by atoms with Crippen molar-refractivity contribution in [3.8, 4) is 0 Å². The number of carbonyl (C=O) groups is 1. The Morgan fingerprint density at radius 2 is 1.92 bits per heavy atom. The quantitative estimate of drug-likeness (QED) is 0.418. The Morgan fingerprint density at radius 1 is 1.25 bits per heavy atom. The van der Waals surface area contributed by atoms with Crippen LogP contribution in [-0.2, 0) is 20.4 Å². The van der Waals surface area contributed by atoms with Crippen molar-refractivity contribution in [3.63, 3.8) is 0 Å². The first kappa shape index (κ1) is 18.9. The normalized spacial score (nSPS) is 17.9. The molecule has 3 nitrogen and oxygen atoms in total. The molecule has 0 bridgehead atoms. The Morgan fingerprint density at radius 3 is 2.54 bits per heavy atom. The average Bonchev–Trinajstić information content (AvgIpc) is 2.46. The molecule has 0 saturated heterocycles. The maximum Gasteiger partial charge on any atom is 0.309 e. The van der Waals surface area contributed by atoms with Gasteiger partial charge in [-0.25, -0.2) is 0 Å². The van der Waals surface area contributed by atoms with Gasteiger partial charge in [-0.15, -0.1) is 0 Å². The van der Waals surface area contributed by atoms with Gasteiger partial charge in [-0.3, -0.25) is 4.79 Å². The van der Waals surface area contributed by atoms with Crippen molar-refractivity contribution >= 4 is 14.3 Å². The van der Waals surface area contributed by atoms with Crippen LogP contribution < -0.4 is 0 Å². The van der Waals surface area contributed by atoms with Gasteiger partial charge in [-0.2, -0.15) is 0 Å². The van der Waals surface area contributed by atoms with E-state index in [-0.39, 0.29) is 17.1 Å². The van der Waals surface area contributed by atoms with Crippen molar-refractivity contribution in [2.45, 2.75) is 64.8 Å². The largest absolute Gasteiger partial charge is 0.466 e. The second-order valence-electron chi connectivity index (χ2n) is 7.98. The Hall–Kier alpha value is -1.39. The maximum absolute atomic E-state index is 11.9. The van der Waals surface area contributed by atoms with Gasteiger partial charge in [0, 0.05) is 0 Å². The summed E-state index contributed by atoms with van der Waals surface area (Å²) in [6.07, 6.45) is 3.21. The minimum atomic E-state index is -1.91. The van der Waals surface area contributed by atoms with Gasteiger partial charge in [-0.05, 0) is 42.6 Å². The zero-order chi connectivity index (χ0) is 18.0. The predicted molar refractivity (Wildman–Crippen MR) is 101 cm³/mol. The minimum absolute atomic E-state index is 0.0692. The van der Waals surface area contributed by atoms with Crippen LogP contribution in [0.15, 0.2) is 35.9 Å². The molecule has 0 radical (unpaired) electrons. The summed E-state index contributed by atoms with van der Waals surface area (Å²) in [6, 6.07) is 8.39. The molecule has 24 heavy (non-hydrogen) atoms. The molecule has 0 aromatic heterocycles. The minimum Gasteiger partial charge on any atom is -0.466 e. The lowest BCUT2D eigenvalue weighted by Crippen LogP contribution is -2.42. The summed E-state index contributed by atoms with van der Waals surface area (Å²) in [5.41, 5.74) is 3.58. The van der Waals surface area contributed by atoms with E-state index in [0.29, 0.717) is 13.0 Å². The van der Waals surface area contributed by atoms with Crippen LogP contribution in [0.3, 0.4) is 0 Å². The number of hydrogen-bond acceptors (Lipinski definition) is 3. The molecule has 0 amide bonds. The van der Waals surface area contributed by atoms with Crippen LogP contribution in [-0.4, -0.2) is 20.9 Å². The van der Waals surface area contributed by atoms with Gasteiger partial charge in [0.1, 0.15) is 0 Å². The highest BCUT2D eigenvalue weighted by molar-refractivity contribution is 6.74. The molecule has 4 heteroatoms. The number of hydrogen-bond donors (Lipinski definition) is 0. The molecule has 132 valence electrons. The predicted octanol–water partition coefficient (Wildman–Crippen LogP) is 5.19. The summed E-state index contributed by atoms with van der Waals surface area (Å²) >= 11 is 0. The summed E-state index contributed by atoms with van der Waals surface area (Å²) < 4.78 is 11.8. The summed E-state index contributed by atoms with van der Waals surface area (Å²) in [5.74, 6) is -0.158. The number of esters is 1. The van der Waals surface area contributed by atoms with Gasteiger partial charge < -0.3 is 9.16 Å². The molecule has 0 saturated carbocycles. The van der Waals surface area contributed by atoms with E-state index in [2.05, 4.69) is 64.2 Å². The molecule has 0 heterocycles. The van der Waals surface area contributed by atoms with Crippen molar-refractivity contribution < 1.29 is 14.0 Å². The van der Waals surface area contributed by atoms with E-state index in [4.69, 9.17) is 9.16 Å². The monoisotopic (exact) mass is 346 g/mol. The highest BCUT2D eigenvalue weighted by atomic mass is 28.4. The topological polar surface area (TPSA) is 35.5 Å². The van der Waals surface area contributed by atoms with E-state index in [1.807, 2.05) is 6.92 Å². The van der Waals surface area contributed by atoms with E-state index in [1.165, 1.54) is 11.1 Å². The van der Waals surface area contributed by atoms with Crippen molar-refractivity contribution in [2.75, 3.05) is 6.61 Å². The van der Waals surface area contributed by atoms with E-state index in [1.54, 1.807) is 0 Å². The second kappa shape index (κ2) is 7.24. The lowest BCUT2D eigenvalue weighted by atomic mass is 9.88. The molecule has 0 spiro atoms. The maximum atomic E-state index is 11.9. The molecule has 1 aromatic carbocycles. The van der Waals surface area contributed by atoms with Crippen molar-refractivity contribution in [3.05, 3.63) is 47.0 Å². The van der Waals surface area contributed by atoms with Crippen molar-refractivity contribution in [2.24, 2.45) is 0 Å². The van der Waals surface area contributed by atoms with Crippen LogP contribution >= 0.6 is 0 Å². The third-order valence-corrected chi connectivity index (χ3v) is 9.53. The molecule has 1 aliphatic rings. The van der Waals surface area contributed by atoms with Crippen LogP contribution in [0.4, 0.5) is 0 Å². The third kappa shape index (κ3) is 4.36. The zero-order valence-corrected chi connectivity index (χ0v) is 16.8. The number of fused-ring (bicyclic) bond motifs is 1. The lowest BCUT2D eigenvalue weighted by Gasteiger charge is -2.40. The molecule has 0 fully saturated rings.